The number of rotatable bonds is 5. The van der Waals surface area contributed by atoms with Crippen LogP contribution in [-0.2, 0) is 10.2 Å². The second kappa shape index (κ2) is 20.2. The van der Waals surface area contributed by atoms with Crippen LogP contribution in [0.4, 0.5) is 10.1 Å². The van der Waals surface area contributed by atoms with E-state index in [4.69, 9.17) is 10.1 Å². The molecule has 1 N–H and O–H groups in total. The van der Waals surface area contributed by atoms with Crippen LogP contribution in [0.1, 0.15) is 104 Å². The highest BCUT2D eigenvalue weighted by Gasteiger charge is 2.55. The van der Waals surface area contributed by atoms with Gasteiger partial charge < -0.3 is 15.0 Å². The maximum atomic E-state index is 12.3. The highest BCUT2D eigenvalue weighted by Crippen LogP contribution is 2.62. The zero-order chi connectivity index (χ0) is 29.8. The Kier molecular flexibility index (Phi) is 17.8. The van der Waals surface area contributed by atoms with E-state index in [2.05, 4.69) is 56.1 Å². The fourth-order valence-corrected chi connectivity index (χ4v) is 5.32. The minimum atomic E-state index is -0.207. The van der Waals surface area contributed by atoms with Crippen LogP contribution in [0.3, 0.4) is 0 Å². The molecule has 3 aliphatic rings. The van der Waals surface area contributed by atoms with Crippen molar-refractivity contribution < 1.29 is 9.18 Å². The van der Waals surface area contributed by atoms with Gasteiger partial charge in [-0.15, -0.1) is 0 Å². The van der Waals surface area contributed by atoms with Crippen LogP contribution in [0, 0.1) is 29.0 Å². The van der Waals surface area contributed by atoms with Gasteiger partial charge in [-0.1, -0.05) is 65.2 Å². The normalized spacial score (nSPS) is 20.3. The standard InChI is InChI=1S/C14H15N.C8H17N.C7H8FN.C4H10.C2H4O/c15-10-11-4-3-6-12(8-11)14-7-2-1-5-13(14)9-14;1-2-3-6-9-7-4-5-8-9;1-9-7-4-2-3-6(8)5-7;1-4(2)3;1-2-3/h3-4,6,8,13H,1-2,5,7,9H2;2-8H2,1H3;2-5,9H,1H3;4H,1-3H3;2H,1H3/t13?,14-;;;;/m1..../s1. The van der Waals surface area contributed by atoms with Crippen molar-refractivity contribution in [3.05, 3.63) is 65.5 Å². The molecule has 0 spiro atoms. The lowest BCUT2D eigenvalue weighted by atomic mass is 9.82. The van der Waals surface area contributed by atoms with Crippen LogP contribution in [0.2, 0.25) is 0 Å². The van der Waals surface area contributed by atoms with Crippen molar-refractivity contribution in [2.24, 2.45) is 11.8 Å². The molecule has 1 saturated heterocycles. The van der Waals surface area contributed by atoms with Crippen LogP contribution >= 0.6 is 0 Å². The average Bonchev–Trinajstić information content (AvgIpc) is 3.49. The molecule has 0 bridgehead atoms. The van der Waals surface area contributed by atoms with Gasteiger partial charge in [0.2, 0.25) is 0 Å². The summed E-state index contributed by atoms with van der Waals surface area (Å²) in [6.45, 7) is 14.3. The van der Waals surface area contributed by atoms with Crippen LogP contribution < -0.4 is 5.32 Å². The molecule has 2 aromatic rings. The summed E-state index contributed by atoms with van der Waals surface area (Å²) in [6, 6.07) is 16.8. The van der Waals surface area contributed by atoms with Crippen molar-refractivity contribution in [2.45, 2.75) is 97.8 Å². The van der Waals surface area contributed by atoms with E-state index in [1.54, 1.807) is 13.1 Å². The summed E-state index contributed by atoms with van der Waals surface area (Å²) in [7, 11) is 1.76. The van der Waals surface area contributed by atoms with Crippen molar-refractivity contribution in [3.63, 3.8) is 0 Å². The molecular formula is C35H54FN3O. The van der Waals surface area contributed by atoms with E-state index < -0.39 is 0 Å². The SMILES string of the molecule is CC(C)C.CC=O.CCCCN1CCCC1.CNc1cccc(F)c1.N#Cc1cccc([C@]23CCCCC2C3)c1. The molecule has 0 aromatic heterocycles. The number of likely N-dealkylation sites (tertiary alicyclic amines) is 1. The van der Waals surface area contributed by atoms with Crippen molar-refractivity contribution >= 4 is 12.0 Å². The fourth-order valence-electron chi connectivity index (χ4n) is 5.32. The highest BCUT2D eigenvalue weighted by molar-refractivity contribution is 5.44. The molecule has 222 valence electrons. The van der Waals surface area contributed by atoms with Crippen molar-refractivity contribution in [1.29, 1.82) is 5.26 Å². The smallest absolute Gasteiger partial charge is 0.125 e. The Morgan fingerprint density at radius 3 is 2.27 bits per heavy atom. The number of benzene rings is 2. The Morgan fingerprint density at radius 1 is 1.10 bits per heavy atom. The van der Waals surface area contributed by atoms with Gasteiger partial charge in [0.15, 0.2) is 0 Å². The van der Waals surface area contributed by atoms with E-state index in [0.29, 0.717) is 5.41 Å². The molecular weight excluding hydrogens is 497 g/mol. The number of hydrogen-bond donors (Lipinski definition) is 1. The zero-order valence-corrected chi connectivity index (χ0v) is 26.0. The monoisotopic (exact) mass is 551 g/mol. The predicted molar refractivity (Wildman–Crippen MR) is 168 cm³/mol. The molecule has 2 saturated carbocycles. The lowest BCUT2D eigenvalue weighted by molar-refractivity contribution is -0.106. The summed E-state index contributed by atoms with van der Waals surface area (Å²) in [4.78, 5) is 11.4. The second-order valence-corrected chi connectivity index (χ2v) is 11.6. The van der Waals surface area contributed by atoms with Gasteiger partial charge in [0, 0.05) is 12.7 Å². The molecule has 1 aliphatic heterocycles. The number of fused-ring (bicyclic) bond motifs is 1. The molecule has 1 heterocycles. The van der Waals surface area contributed by atoms with Gasteiger partial charge in [-0.3, -0.25) is 0 Å². The summed E-state index contributed by atoms with van der Waals surface area (Å²) in [5.41, 5.74) is 3.52. The second-order valence-electron chi connectivity index (χ2n) is 11.6. The molecule has 5 rings (SSSR count). The Morgan fingerprint density at radius 2 is 1.75 bits per heavy atom. The van der Waals surface area contributed by atoms with Gasteiger partial charge in [-0.05, 0) is 118 Å². The predicted octanol–water partition coefficient (Wildman–Crippen LogP) is 9.01. The molecule has 40 heavy (non-hydrogen) atoms. The van der Waals surface area contributed by atoms with Crippen LogP contribution in [0.25, 0.3) is 0 Å². The van der Waals surface area contributed by atoms with Gasteiger partial charge in [0.05, 0.1) is 11.6 Å². The first kappa shape index (κ1) is 35.3. The third-order valence-corrected chi connectivity index (χ3v) is 7.36. The average molecular weight is 552 g/mol. The molecule has 0 radical (unpaired) electrons. The van der Waals surface area contributed by atoms with E-state index in [0.717, 1.165) is 29.4 Å². The van der Waals surface area contributed by atoms with E-state index in [9.17, 15) is 4.39 Å². The first-order valence-electron chi connectivity index (χ1n) is 15.3. The van der Waals surface area contributed by atoms with Gasteiger partial charge in [-0.25, -0.2) is 4.39 Å². The van der Waals surface area contributed by atoms with E-state index >= 15 is 0 Å². The van der Waals surface area contributed by atoms with Crippen molar-refractivity contribution in [2.75, 3.05) is 32.0 Å². The Balaban J connectivity index is 0.000000280. The number of carbonyl (C=O) groups excluding carboxylic acids is 1. The molecule has 4 nitrogen and oxygen atoms in total. The number of halogens is 1. The summed E-state index contributed by atoms with van der Waals surface area (Å²) < 4.78 is 12.3. The third kappa shape index (κ3) is 13.6. The first-order chi connectivity index (χ1) is 19.3. The maximum Gasteiger partial charge on any atom is 0.125 e. The minimum absolute atomic E-state index is 0.207. The van der Waals surface area contributed by atoms with Gasteiger partial charge in [-0.2, -0.15) is 5.26 Å². The number of nitrogens with zero attached hydrogens (tertiary/aromatic N) is 2. The quantitative estimate of drug-likeness (QED) is 0.377. The van der Waals surface area contributed by atoms with Crippen LogP contribution in [-0.4, -0.2) is 37.9 Å². The number of nitrogens with one attached hydrogen (secondary N) is 1. The summed E-state index contributed by atoms with van der Waals surface area (Å²) in [5.74, 6) is 1.54. The molecule has 2 atom stereocenters. The molecule has 2 aliphatic carbocycles. The van der Waals surface area contributed by atoms with Crippen molar-refractivity contribution in [1.82, 2.24) is 4.90 Å². The topological polar surface area (TPSA) is 56.1 Å². The number of carbonyl (C=O) groups is 1. The minimum Gasteiger partial charge on any atom is -0.388 e. The van der Waals surface area contributed by atoms with Gasteiger partial charge in [0.1, 0.15) is 12.1 Å². The molecule has 5 heteroatoms. The number of hydrogen-bond acceptors (Lipinski definition) is 4. The lowest BCUT2D eigenvalue weighted by Gasteiger charge is -2.22. The summed E-state index contributed by atoms with van der Waals surface area (Å²) >= 11 is 0. The maximum absolute atomic E-state index is 12.3. The Bertz CT molecular complexity index is 993. The first-order valence-corrected chi connectivity index (χ1v) is 15.3. The summed E-state index contributed by atoms with van der Waals surface area (Å²) in [5, 5.41) is 11.7. The lowest BCUT2D eigenvalue weighted by Crippen LogP contribution is -2.19. The van der Waals surface area contributed by atoms with E-state index in [1.807, 2.05) is 18.2 Å². The van der Waals surface area contributed by atoms with E-state index in [1.165, 1.54) is 102 Å². The molecule has 0 amide bonds. The van der Waals surface area contributed by atoms with Gasteiger partial charge in [0.25, 0.3) is 0 Å². The van der Waals surface area contributed by atoms with E-state index in [-0.39, 0.29) is 5.82 Å². The number of nitriles is 1. The molecule has 2 aromatic carbocycles. The largest absolute Gasteiger partial charge is 0.388 e. The van der Waals surface area contributed by atoms with Crippen LogP contribution in [0.5, 0.6) is 0 Å². The Hall–Kier alpha value is -2.71. The fraction of sp³-hybridized carbons (Fsp3) is 0.600. The molecule has 3 fully saturated rings. The zero-order valence-electron chi connectivity index (χ0n) is 26.0. The third-order valence-electron chi connectivity index (χ3n) is 7.36. The van der Waals surface area contributed by atoms with Crippen molar-refractivity contribution in [3.8, 4) is 6.07 Å². The van der Waals surface area contributed by atoms with Gasteiger partial charge >= 0.3 is 0 Å². The molecule has 1 unspecified atom stereocenters. The number of aldehydes is 1. The van der Waals surface area contributed by atoms with Crippen LogP contribution in [0.15, 0.2) is 48.5 Å². The highest BCUT2D eigenvalue weighted by atomic mass is 19.1. The number of anilines is 1. The Labute approximate surface area is 244 Å². The summed E-state index contributed by atoms with van der Waals surface area (Å²) in [6.07, 6.45) is 13.2. The number of unbranched alkanes of at least 4 members (excludes halogenated alkanes) is 1.